The van der Waals surface area contributed by atoms with Crippen molar-refractivity contribution < 1.29 is 14.9 Å². The molecule has 1 aliphatic heterocycles. The summed E-state index contributed by atoms with van der Waals surface area (Å²) >= 11 is 0. The lowest BCUT2D eigenvalue weighted by Gasteiger charge is -2.31. The van der Waals surface area contributed by atoms with Crippen LogP contribution in [0.2, 0.25) is 0 Å². The Morgan fingerprint density at radius 1 is 1.04 bits per heavy atom. The van der Waals surface area contributed by atoms with Crippen LogP contribution in [0.5, 0.6) is 0 Å². The molecule has 0 saturated carbocycles. The van der Waals surface area contributed by atoms with Gasteiger partial charge in [0.05, 0.1) is 18.8 Å². The normalized spacial score (nSPS) is 26.9. The molecule has 0 unspecified atom stereocenters. The number of aliphatic hydroxyl groups is 2. The number of aliphatic hydroxyl groups excluding tert-OH is 2. The van der Waals surface area contributed by atoms with Crippen molar-refractivity contribution in [3.05, 3.63) is 0 Å². The molecule has 1 rings (SSSR count). The van der Waals surface area contributed by atoms with E-state index >= 15 is 0 Å². The van der Waals surface area contributed by atoms with Crippen molar-refractivity contribution in [1.82, 2.24) is 15.1 Å². The van der Waals surface area contributed by atoms with Gasteiger partial charge in [0.1, 0.15) is 12.2 Å². The van der Waals surface area contributed by atoms with E-state index in [4.69, 9.17) is 4.74 Å². The van der Waals surface area contributed by atoms with Gasteiger partial charge >= 0.3 is 0 Å². The molecule has 0 aliphatic carbocycles. The molecule has 6 nitrogen and oxygen atoms in total. The van der Waals surface area contributed by atoms with Gasteiger partial charge in [-0.2, -0.15) is 0 Å². The molecule has 0 bridgehead atoms. The number of rotatable bonds is 8. The van der Waals surface area contributed by atoms with Gasteiger partial charge in [-0.25, -0.2) is 0 Å². The van der Waals surface area contributed by atoms with Gasteiger partial charge in [0, 0.05) is 25.7 Å². The molecule has 9 heteroatoms. The van der Waals surface area contributed by atoms with Crippen LogP contribution in [0.4, 0.5) is 0 Å². The van der Waals surface area contributed by atoms with Crippen LogP contribution in [-0.2, 0) is 4.74 Å². The number of ether oxygens (including phenoxy) is 1. The average Bonchev–Trinajstić information content (AvgIpc) is 2.69. The van der Waals surface area contributed by atoms with Crippen LogP contribution in [0.3, 0.4) is 0 Å². The Balaban J connectivity index is -0.00000133. The number of likely N-dealkylation sites (N-methyl/N-ethyl adjacent to an activating group) is 2. The van der Waals surface area contributed by atoms with Gasteiger partial charge in [-0.3, -0.25) is 4.90 Å². The van der Waals surface area contributed by atoms with E-state index < -0.39 is 12.2 Å². The van der Waals surface area contributed by atoms with E-state index in [-0.39, 0.29) is 56.0 Å². The first-order chi connectivity index (χ1) is 9.36. The van der Waals surface area contributed by atoms with Crippen LogP contribution >= 0.6 is 37.2 Å². The van der Waals surface area contributed by atoms with Crippen LogP contribution in [0.15, 0.2) is 0 Å². The number of nitrogens with one attached hydrogen (secondary N) is 1. The maximum absolute atomic E-state index is 10.4. The number of hydrogen-bond acceptors (Lipinski definition) is 6. The molecule has 0 spiro atoms. The highest BCUT2D eigenvalue weighted by Gasteiger charge is 2.44. The lowest BCUT2D eigenvalue weighted by molar-refractivity contribution is -0.0216. The topological polar surface area (TPSA) is 68.2 Å². The second-order valence-corrected chi connectivity index (χ2v) is 6.22. The summed E-state index contributed by atoms with van der Waals surface area (Å²) in [5, 5.41) is 23.0. The van der Waals surface area contributed by atoms with E-state index in [1.807, 2.05) is 21.1 Å². The van der Waals surface area contributed by atoms with Crippen LogP contribution in [0.25, 0.3) is 0 Å². The van der Waals surface area contributed by atoms with Gasteiger partial charge in [0.25, 0.3) is 0 Å². The van der Waals surface area contributed by atoms with Gasteiger partial charge in [0.2, 0.25) is 0 Å². The zero-order chi connectivity index (χ0) is 15.3. The minimum absolute atomic E-state index is 0. The van der Waals surface area contributed by atoms with Crippen molar-refractivity contribution in [3.8, 4) is 0 Å². The van der Waals surface area contributed by atoms with Gasteiger partial charge in [-0.1, -0.05) is 13.8 Å². The van der Waals surface area contributed by atoms with Crippen LogP contribution in [-0.4, -0.2) is 97.8 Å². The quantitative estimate of drug-likeness (QED) is 0.544. The molecule has 0 amide bonds. The molecule has 23 heavy (non-hydrogen) atoms. The van der Waals surface area contributed by atoms with Crippen LogP contribution in [0.1, 0.15) is 13.8 Å². The van der Waals surface area contributed by atoms with Crippen molar-refractivity contribution in [1.29, 1.82) is 0 Å². The SMILES string of the molecule is CC(C)NC[C@H]1O[C@@H](CO)[C@@H](O)[C@H]1N(C)CCN(C)C.Cl.Cl.Cl. The molecule has 4 atom stereocenters. The van der Waals surface area contributed by atoms with Crippen molar-refractivity contribution in [3.63, 3.8) is 0 Å². The molecule has 1 saturated heterocycles. The number of hydrogen-bond donors (Lipinski definition) is 3. The smallest absolute Gasteiger partial charge is 0.109 e. The predicted molar refractivity (Wildman–Crippen MR) is 102 cm³/mol. The molecule has 1 heterocycles. The summed E-state index contributed by atoms with van der Waals surface area (Å²) in [6.07, 6.45) is -1.23. The molecular formula is C14H34Cl3N3O3. The maximum Gasteiger partial charge on any atom is 0.109 e. The predicted octanol–water partition coefficient (Wildman–Crippen LogP) is 0.232. The Hall–Kier alpha value is 0.630. The largest absolute Gasteiger partial charge is 0.394 e. The van der Waals surface area contributed by atoms with E-state index in [0.29, 0.717) is 12.6 Å². The molecule has 0 aromatic carbocycles. The van der Waals surface area contributed by atoms with Gasteiger partial charge in [-0.15, -0.1) is 37.2 Å². The first-order valence-corrected chi connectivity index (χ1v) is 7.39. The third-order valence-electron chi connectivity index (χ3n) is 3.78. The Labute approximate surface area is 159 Å². The summed E-state index contributed by atoms with van der Waals surface area (Å²) < 4.78 is 5.80. The monoisotopic (exact) mass is 397 g/mol. The first kappa shape index (κ1) is 28.4. The highest BCUT2D eigenvalue weighted by Crippen LogP contribution is 2.24. The van der Waals surface area contributed by atoms with Gasteiger partial charge < -0.3 is 25.2 Å². The zero-order valence-corrected chi connectivity index (χ0v) is 17.1. The van der Waals surface area contributed by atoms with Gasteiger partial charge in [0.15, 0.2) is 0 Å². The van der Waals surface area contributed by atoms with Crippen molar-refractivity contribution in [2.75, 3.05) is 47.4 Å². The van der Waals surface area contributed by atoms with Crippen molar-refractivity contribution >= 4 is 37.2 Å². The second-order valence-electron chi connectivity index (χ2n) is 6.22. The maximum atomic E-state index is 10.4. The molecule has 1 aliphatic rings. The minimum Gasteiger partial charge on any atom is -0.394 e. The molecule has 144 valence electrons. The summed E-state index contributed by atoms with van der Waals surface area (Å²) in [5.41, 5.74) is 0. The fraction of sp³-hybridized carbons (Fsp3) is 1.00. The summed E-state index contributed by atoms with van der Waals surface area (Å²) in [7, 11) is 6.07. The Kier molecular flexibility index (Phi) is 17.1. The zero-order valence-electron chi connectivity index (χ0n) is 14.6. The third-order valence-corrected chi connectivity index (χ3v) is 3.78. The minimum atomic E-state index is -0.647. The van der Waals surface area contributed by atoms with E-state index in [0.717, 1.165) is 13.1 Å². The second kappa shape index (κ2) is 13.9. The third kappa shape index (κ3) is 9.05. The van der Waals surface area contributed by atoms with Crippen molar-refractivity contribution in [2.24, 2.45) is 0 Å². The Morgan fingerprint density at radius 3 is 2.04 bits per heavy atom. The molecular weight excluding hydrogens is 365 g/mol. The molecule has 0 aromatic heterocycles. The van der Waals surface area contributed by atoms with E-state index in [1.54, 1.807) is 0 Å². The summed E-state index contributed by atoms with van der Waals surface area (Å²) in [5.74, 6) is 0. The summed E-state index contributed by atoms with van der Waals surface area (Å²) in [6.45, 7) is 6.49. The number of nitrogens with zero attached hydrogens (tertiary/aromatic N) is 2. The van der Waals surface area contributed by atoms with E-state index in [2.05, 4.69) is 29.0 Å². The number of halogens is 3. The van der Waals surface area contributed by atoms with Crippen LogP contribution in [0, 0.1) is 0 Å². The Morgan fingerprint density at radius 2 is 1.61 bits per heavy atom. The highest BCUT2D eigenvalue weighted by molar-refractivity contribution is 5.86. The fourth-order valence-electron chi connectivity index (χ4n) is 2.55. The van der Waals surface area contributed by atoms with Gasteiger partial charge in [-0.05, 0) is 21.1 Å². The van der Waals surface area contributed by atoms with E-state index in [9.17, 15) is 10.2 Å². The average molecular weight is 399 g/mol. The lowest BCUT2D eigenvalue weighted by Crippen LogP contribution is -2.51. The molecule has 3 N–H and O–H groups in total. The first-order valence-electron chi connectivity index (χ1n) is 7.39. The van der Waals surface area contributed by atoms with E-state index in [1.165, 1.54) is 0 Å². The molecule has 0 radical (unpaired) electrons. The Bertz CT molecular complexity index is 289. The fourth-order valence-corrected chi connectivity index (χ4v) is 2.55. The molecule has 1 fully saturated rings. The standard InChI is InChI=1S/C14H31N3O3.3ClH/c1-10(2)15-8-11-13(14(19)12(9-18)20-11)17(5)7-6-16(3)4;;;/h10-15,18-19H,6-9H2,1-5H3;3*1H/t11-,12+,13+,14-;;;/m1.../s1. The summed E-state index contributed by atoms with van der Waals surface area (Å²) in [4.78, 5) is 4.25. The van der Waals surface area contributed by atoms with Crippen LogP contribution < -0.4 is 5.32 Å². The summed E-state index contributed by atoms with van der Waals surface area (Å²) in [6, 6.07) is 0.287. The highest BCUT2D eigenvalue weighted by atomic mass is 35.5. The molecule has 0 aromatic rings. The van der Waals surface area contributed by atoms with Crippen molar-refractivity contribution in [2.45, 2.75) is 44.2 Å². The lowest BCUT2D eigenvalue weighted by atomic mass is 10.0.